The Kier molecular flexibility index (Phi) is 8.47. The highest BCUT2D eigenvalue weighted by atomic mass is 32.1. The van der Waals surface area contributed by atoms with Gasteiger partial charge < -0.3 is 14.5 Å². The Morgan fingerprint density at radius 3 is 2.68 bits per heavy atom. The summed E-state index contributed by atoms with van der Waals surface area (Å²) >= 11 is 3.34. The minimum atomic E-state index is -0.0145. The molecule has 0 unspecified atom stereocenters. The van der Waals surface area contributed by atoms with Crippen LogP contribution in [-0.2, 0) is 20.9 Å². The quantitative estimate of drug-likeness (QED) is 0.232. The molecule has 0 radical (unpaired) electrons. The summed E-state index contributed by atoms with van der Waals surface area (Å²) in [7, 11) is 0. The van der Waals surface area contributed by atoms with Crippen LogP contribution in [0.4, 0.5) is 5.82 Å². The van der Waals surface area contributed by atoms with E-state index in [-0.39, 0.29) is 24.5 Å². The van der Waals surface area contributed by atoms with Gasteiger partial charge in [0.2, 0.25) is 5.91 Å². The summed E-state index contributed by atoms with van der Waals surface area (Å²) in [5.74, 6) is 1.69. The molecular formula is C32H33N7O3S2. The number of ketones is 1. The summed E-state index contributed by atoms with van der Waals surface area (Å²) in [4.78, 5) is 44.1. The van der Waals surface area contributed by atoms with Crippen LogP contribution < -0.4 is 4.90 Å². The first-order valence-corrected chi connectivity index (χ1v) is 16.6. The fourth-order valence-electron chi connectivity index (χ4n) is 5.72. The third kappa shape index (κ3) is 6.29. The lowest BCUT2D eigenvalue weighted by Crippen LogP contribution is -2.48. The summed E-state index contributed by atoms with van der Waals surface area (Å²) in [5, 5.41) is 10.3. The van der Waals surface area contributed by atoms with Gasteiger partial charge in [0, 0.05) is 79.4 Å². The molecule has 0 aliphatic carbocycles. The van der Waals surface area contributed by atoms with Crippen LogP contribution in [0.15, 0.2) is 54.1 Å². The highest BCUT2D eigenvalue weighted by Crippen LogP contribution is 2.36. The van der Waals surface area contributed by atoms with Crippen LogP contribution in [-0.4, -0.2) is 94.1 Å². The number of aromatic nitrogens is 4. The van der Waals surface area contributed by atoms with Crippen molar-refractivity contribution in [3.05, 3.63) is 63.8 Å². The van der Waals surface area contributed by atoms with Crippen molar-refractivity contribution in [3.63, 3.8) is 0 Å². The Balaban J connectivity index is 1.02. The fraction of sp³-hybridized carbons (Fsp3) is 0.344. The molecule has 2 fully saturated rings. The van der Waals surface area contributed by atoms with Gasteiger partial charge in [0.15, 0.2) is 17.4 Å². The van der Waals surface area contributed by atoms with Crippen molar-refractivity contribution in [3.8, 4) is 11.4 Å². The lowest BCUT2D eigenvalue weighted by molar-refractivity contribution is -0.134. The highest BCUT2D eigenvalue weighted by molar-refractivity contribution is 7.19. The molecule has 2 aliphatic heterocycles. The molecule has 0 saturated carbocycles. The Bertz CT molecular complexity index is 1800. The molecule has 6 heterocycles. The summed E-state index contributed by atoms with van der Waals surface area (Å²) in [6.45, 7) is 6.66. The number of allylic oxidation sites excluding steroid dienone is 1. The standard InChI is InChI=1S/C32H33N7O3S2/c40-22(6-8-23-3-2-18-43-23)7-9-29(41)38-12-10-37(11-13-38)21-24-19-28-30(44-24)32(39-14-16-42-17-15-39)35-31(34-28)25-4-1-5-27-26(25)20-33-36-27/h1-6,8,18-20H,7,9-17,21H2,(H,33,36)/b8-6+. The number of nitrogens with one attached hydrogen (secondary N) is 1. The van der Waals surface area contributed by atoms with E-state index in [0.717, 1.165) is 70.1 Å². The number of ether oxygens (including phenoxy) is 1. The van der Waals surface area contributed by atoms with Gasteiger partial charge in [0.25, 0.3) is 0 Å². The van der Waals surface area contributed by atoms with Gasteiger partial charge in [0.05, 0.1) is 35.1 Å². The molecule has 0 spiro atoms. The highest BCUT2D eigenvalue weighted by Gasteiger charge is 2.24. The van der Waals surface area contributed by atoms with Crippen molar-refractivity contribution in [1.82, 2.24) is 30.0 Å². The summed E-state index contributed by atoms with van der Waals surface area (Å²) in [5.41, 5.74) is 2.87. The van der Waals surface area contributed by atoms with Gasteiger partial charge in [-0.2, -0.15) is 5.10 Å². The molecule has 12 heteroatoms. The normalized spacial score (nSPS) is 16.5. The maximum atomic E-state index is 12.8. The number of benzene rings is 1. The first kappa shape index (κ1) is 28.8. The number of hydrogen-bond acceptors (Lipinski definition) is 10. The van der Waals surface area contributed by atoms with Crippen LogP contribution in [0.5, 0.6) is 0 Å². The summed E-state index contributed by atoms with van der Waals surface area (Å²) in [6, 6.07) is 12.2. The topological polar surface area (TPSA) is 108 Å². The van der Waals surface area contributed by atoms with Gasteiger partial charge in [-0.3, -0.25) is 19.6 Å². The first-order valence-electron chi connectivity index (χ1n) is 14.9. The average molecular weight is 628 g/mol. The third-order valence-electron chi connectivity index (χ3n) is 8.11. The Morgan fingerprint density at radius 1 is 1.00 bits per heavy atom. The van der Waals surface area contributed by atoms with Crippen LogP contribution in [0.1, 0.15) is 22.6 Å². The third-order valence-corrected chi connectivity index (χ3v) is 10.0. The lowest BCUT2D eigenvalue weighted by atomic mass is 10.1. The number of rotatable bonds is 9. The van der Waals surface area contributed by atoms with E-state index in [4.69, 9.17) is 14.7 Å². The maximum Gasteiger partial charge on any atom is 0.223 e. The van der Waals surface area contributed by atoms with Crippen molar-refractivity contribution in [1.29, 1.82) is 0 Å². The van der Waals surface area contributed by atoms with Crippen LogP contribution in [0, 0.1) is 0 Å². The SMILES string of the molecule is O=C(/C=C/c1cccs1)CCC(=O)N1CCN(Cc2cc3nc(-c4cccc5[nH]ncc45)nc(N4CCOCC4)c3s2)CC1. The zero-order valence-corrected chi connectivity index (χ0v) is 25.9. The second kappa shape index (κ2) is 12.9. The monoisotopic (exact) mass is 627 g/mol. The van der Waals surface area contributed by atoms with Crippen LogP contribution in [0.2, 0.25) is 0 Å². The number of aromatic amines is 1. The van der Waals surface area contributed by atoms with Crippen molar-refractivity contribution >= 4 is 67.4 Å². The number of thiophene rings is 2. The molecule has 2 aliphatic rings. The molecule has 7 rings (SSSR count). The molecule has 2 saturated heterocycles. The number of fused-ring (bicyclic) bond motifs is 2. The predicted octanol–water partition coefficient (Wildman–Crippen LogP) is 4.84. The number of morpholine rings is 1. The van der Waals surface area contributed by atoms with Crippen LogP contribution in [0.25, 0.3) is 38.6 Å². The molecule has 1 N–H and O–H groups in total. The molecule has 226 valence electrons. The number of amides is 1. The van der Waals surface area contributed by atoms with Crippen molar-refractivity contribution < 1.29 is 14.3 Å². The van der Waals surface area contributed by atoms with Gasteiger partial charge in [-0.25, -0.2) is 9.97 Å². The van der Waals surface area contributed by atoms with Gasteiger partial charge in [-0.1, -0.05) is 18.2 Å². The first-order chi connectivity index (χ1) is 21.6. The second-order valence-corrected chi connectivity index (χ2v) is 13.1. The van der Waals surface area contributed by atoms with E-state index in [2.05, 4.69) is 26.1 Å². The zero-order valence-electron chi connectivity index (χ0n) is 24.3. The number of anilines is 1. The molecule has 0 atom stereocenters. The van der Waals surface area contributed by atoms with E-state index >= 15 is 0 Å². The molecular weight excluding hydrogens is 595 g/mol. The number of carbonyl (C=O) groups is 2. The van der Waals surface area contributed by atoms with E-state index in [9.17, 15) is 9.59 Å². The summed E-state index contributed by atoms with van der Waals surface area (Å²) < 4.78 is 6.72. The minimum Gasteiger partial charge on any atom is -0.378 e. The minimum absolute atomic E-state index is 0.0145. The van der Waals surface area contributed by atoms with E-state index in [1.54, 1.807) is 28.7 Å². The van der Waals surface area contributed by atoms with E-state index in [1.165, 1.54) is 4.88 Å². The zero-order chi connectivity index (χ0) is 29.9. The molecule has 5 aromatic rings. The van der Waals surface area contributed by atoms with E-state index in [1.807, 2.05) is 52.9 Å². The van der Waals surface area contributed by atoms with E-state index < -0.39 is 0 Å². The fourth-order valence-corrected chi connectivity index (χ4v) is 7.50. The van der Waals surface area contributed by atoms with E-state index in [0.29, 0.717) is 32.1 Å². The van der Waals surface area contributed by atoms with Gasteiger partial charge in [0.1, 0.15) is 0 Å². The molecule has 4 aromatic heterocycles. The van der Waals surface area contributed by atoms with Gasteiger partial charge in [-0.05, 0) is 35.7 Å². The Labute approximate surface area is 263 Å². The Morgan fingerprint density at radius 2 is 1.86 bits per heavy atom. The van der Waals surface area contributed by atoms with Gasteiger partial charge in [-0.15, -0.1) is 22.7 Å². The number of piperazine rings is 1. The number of carbonyl (C=O) groups excluding carboxylic acids is 2. The van der Waals surface area contributed by atoms with Crippen molar-refractivity contribution in [2.45, 2.75) is 19.4 Å². The second-order valence-electron chi connectivity index (χ2n) is 11.0. The summed E-state index contributed by atoms with van der Waals surface area (Å²) in [6.07, 6.45) is 5.73. The Hall–Kier alpha value is -3.97. The lowest BCUT2D eigenvalue weighted by Gasteiger charge is -2.34. The maximum absolute atomic E-state index is 12.8. The number of nitrogens with zero attached hydrogens (tertiary/aromatic N) is 6. The predicted molar refractivity (Wildman–Crippen MR) is 175 cm³/mol. The van der Waals surface area contributed by atoms with Crippen LogP contribution >= 0.6 is 22.7 Å². The molecule has 10 nitrogen and oxygen atoms in total. The van der Waals surface area contributed by atoms with Gasteiger partial charge >= 0.3 is 0 Å². The molecule has 1 amide bonds. The average Bonchev–Trinajstić information content (AvgIpc) is 3.84. The largest absolute Gasteiger partial charge is 0.378 e. The van der Waals surface area contributed by atoms with Crippen LogP contribution in [0.3, 0.4) is 0 Å². The molecule has 44 heavy (non-hydrogen) atoms. The number of H-pyrrole nitrogens is 1. The van der Waals surface area contributed by atoms with Crippen molar-refractivity contribution in [2.24, 2.45) is 0 Å². The molecule has 1 aromatic carbocycles. The smallest absolute Gasteiger partial charge is 0.223 e. The van der Waals surface area contributed by atoms with Crippen molar-refractivity contribution in [2.75, 3.05) is 57.4 Å². The molecule has 0 bridgehead atoms. The number of hydrogen-bond donors (Lipinski definition) is 1.